The molecule has 0 aromatic carbocycles. The molecule has 0 radical (unpaired) electrons. The quantitative estimate of drug-likeness (QED) is 0.0222. The SMILES string of the molecule is CCCCCCCCCCCCCCCCCCCCCC(=O)OC[C@H](COP(=O)(O)OC[C@@H](O)COP(=O)(O)OC[C@@H](COC(=O)CCCCCCCCCCC)OC(=O)CCCCCCCCCCC(C)CC)OC(=O)CCCCCCCCCCCCCCCCCCC(C)C. The first kappa shape index (κ1) is 97.1. The molecule has 0 amide bonds. The number of ether oxygens (including phenoxy) is 4. The van der Waals surface area contributed by atoms with Crippen molar-refractivity contribution in [3.8, 4) is 0 Å². The fourth-order valence-electron chi connectivity index (χ4n) is 12.3. The predicted molar refractivity (Wildman–Crippen MR) is 405 cm³/mol. The normalized spacial score (nSPS) is 14.2. The van der Waals surface area contributed by atoms with Crippen LogP contribution in [-0.2, 0) is 65.4 Å². The van der Waals surface area contributed by atoms with Crippen LogP contribution in [0.2, 0.25) is 0 Å². The molecule has 3 unspecified atom stereocenters. The smallest absolute Gasteiger partial charge is 0.462 e. The van der Waals surface area contributed by atoms with Gasteiger partial charge in [0, 0.05) is 25.7 Å². The molecule has 19 heteroatoms. The van der Waals surface area contributed by atoms with Crippen LogP contribution in [-0.4, -0.2) is 96.7 Å². The highest BCUT2D eigenvalue weighted by molar-refractivity contribution is 7.47. The molecule has 588 valence electrons. The Bertz CT molecular complexity index is 1910. The summed E-state index contributed by atoms with van der Waals surface area (Å²) in [7, 11) is -9.91. The van der Waals surface area contributed by atoms with E-state index in [0.717, 1.165) is 102 Å². The van der Waals surface area contributed by atoms with E-state index in [0.29, 0.717) is 25.7 Å². The number of esters is 4. The molecule has 0 saturated heterocycles. The number of aliphatic hydroxyl groups is 1. The van der Waals surface area contributed by atoms with E-state index in [1.165, 1.54) is 238 Å². The molecule has 0 aliphatic rings. The van der Waals surface area contributed by atoms with Crippen molar-refractivity contribution in [3.05, 3.63) is 0 Å². The van der Waals surface area contributed by atoms with Gasteiger partial charge in [0.2, 0.25) is 0 Å². The first-order chi connectivity index (χ1) is 47.9. The van der Waals surface area contributed by atoms with Crippen molar-refractivity contribution in [2.45, 2.75) is 439 Å². The number of unbranched alkanes of at least 4 members (excludes halogenated alkanes) is 48. The third-order valence-corrected chi connectivity index (χ3v) is 21.0. The van der Waals surface area contributed by atoms with Crippen molar-refractivity contribution in [3.63, 3.8) is 0 Å². The van der Waals surface area contributed by atoms with Gasteiger partial charge in [0.1, 0.15) is 19.3 Å². The minimum Gasteiger partial charge on any atom is -0.462 e. The van der Waals surface area contributed by atoms with Crippen LogP contribution in [0, 0.1) is 11.8 Å². The number of phosphoric ester groups is 2. The molecule has 17 nitrogen and oxygen atoms in total. The predicted octanol–water partition coefficient (Wildman–Crippen LogP) is 23.9. The van der Waals surface area contributed by atoms with Crippen molar-refractivity contribution in [1.82, 2.24) is 0 Å². The molecule has 0 rings (SSSR count). The Morgan fingerprint density at radius 3 is 0.768 bits per heavy atom. The molecule has 6 atom stereocenters. The van der Waals surface area contributed by atoms with Gasteiger partial charge < -0.3 is 33.8 Å². The lowest BCUT2D eigenvalue weighted by Gasteiger charge is -2.21. The van der Waals surface area contributed by atoms with Crippen LogP contribution in [0.15, 0.2) is 0 Å². The van der Waals surface area contributed by atoms with Crippen LogP contribution < -0.4 is 0 Å². The third-order valence-electron chi connectivity index (χ3n) is 19.1. The van der Waals surface area contributed by atoms with Gasteiger partial charge in [-0.1, -0.05) is 369 Å². The fourth-order valence-corrected chi connectivity index (χ4v) is 13.9. The molecule has 3 N–H and O–H groups in total. The first-order valence-corrected chi connectivity index (χ1v) is 44.5. The van der Waals surface area contributed by atoms with E-state index in [2.05, 4.69) is 41.5 Å². The number of rotatable bonds is 79. The molecule has 0 spiro atoms. The second kappa shape index (κ2) is 71.7. The standard InChI is InChI=1S/C80H156O17P2/c1-7-10-12-14-16-18-19-20-21-22-23-24-28-31-34-38-45-51-57-63-78(83)91-69-75(96-79(84)64-58-52-46-39-35-32-29-26-25-27-30-33-37-42-48-54-60-72(4)5)70-94-98(86,87)92-66-74(81)67-93-99(88,89)95-71-76(68-90-77(82)62-56-50-44-36-17-15-13-11-8-2)97-80(85)65-59-53-47-41-40-43-49-55-61-73(6)9-3/h72-76,81H,7-71H2,1-6H3,(H,86,87)(H,88,89)/t73?,74-,75-,76-/m1/s1. The summed E-state index contributed by atoms with van der Waals surface area (Å²) in [5, 5.41) is 10.6. The Morgan fingerprint density at radius 1 is 0.293 bits per heavy atom. The molecule has 0 bridgehead atoms. The molecule has 99 heavy (non-hydrogen) atoms. The maximum Gasteiger partial charge on any atom is 0.472 e. The largest absolute Gasteiger partial charge is 0.472 e. The molecule has 0 fully saturated rings. The van der Waals surface area contributed by atoms with Crippen molar-refractivity contribution in [2.24, 2.45) is 11.8 Å². The van der Waals surface area contributed by atoms with E-state index in [1.807, 2.05) is 0 Å². The molecular weight excluding hydrogens is 1290 g/mol. The maximum absolute atomic E-state index is 13.1. The second-order valence-electron chi connectivity index (χ2n) is 29.5. The Hall–Kier alpha value is -1.94. The molecule has 0 aliphatic carbocycles. The summed E-state index contributed by atoms with van der Waals surface area (Å²) in [4.78, 5) is 72.9. The number of carbonyl (C=O) groups is 4. The van der Waals surface area contributed by atoms with Gasteiger partial charge in [-0.15, -0.1) is 0 Å². The van der Waals surface area contributed by atoms with E-state index in [1.54, 1.807) is 0 Å². The second-order valence-corrected chi connectivity index (χ2v) is 32.4. The first-order valence-electron chi connectivity index (χ1n) is 41.5. The average molecular weight is 1450 g/mol. The van der Waals surface area contributed by atoms with Crippen LogP contribution in [0.25, 0.3) is 0 Å². The number of phosphoric acid groups is 2. The lowest BCUT2D eigenvalue weighted by molar-refractivity contribution is -0.161. The van der Waals surface area contributed by atoms with Gasteiger partial charge >= 0.3 is 39.5 Å². The average Bonchev–Trinajstić information content (AvgIpc) is 1.54. The van der Waals surface area contributed by atoms with Gasteiger partial charge in [0.25, 0.3) is 0 Å². The van der Waals surface area contributed by atoms with Crippen LogP contribution in [0.1, 0.15) is 420 Å². The van der Waals surface area contributed by atoms with E-state index in [-0.39, 0.29) is 25.7 Å². The monoisotopic (exact) mass is 1450 g/mol. The highest BCUT2D eigenvalue weighted by Crippen LogP contribution is 2.45. The summed E-state index contributed by atoms with van der Waals surface area (Å²) in [5.41, 5.74) is 0. The molecule has 0 heterocycles. The zero-order valence-corrected chi connectivity index (χ0v) is 66.6. The summed E-state index contributed by atoms with van der Waals surface area (Å²) in [6, 6.07) is 0. The van der Waals surface area contributed by atoms with Crippen molar-refractivity contribution >= 4 is 39.5 Å². The van der Waals surface area contributed by atoms with Gasteiger partial charge in [-0.2, -0.15) is 0 Å². The Kier molecular flexibility index (Phi) is 70.3. The van der Waals surface area contributed by atoms with E-state index in [9.17, 15) is 43.2 Å². The number of hydrogen-bond acceptors (Lipinski definition) is 15. The lowest BCUT2D eigenvalue weighted by atomic mass is 9.99. The van der Waals surface area contributed by atoms with Gasteiger partial charge in [0.05, 0.1) is 26.4 Å². The summed E-state index contributed by atoms with van der Waals surface area (Å²) >= 11 is 0. The van der Waals surface area contributed by atoms with Gasteiger partial charge in [-0.25, -0.2) is 9.13 Å². The number of carbonyl (C=O) groups excluding carboxylic acids is 4. The van der Waals surface area contributed by atoms with Crippen LogP contribution in [0.5, 0.6) is 0 Å². The van der Waals surface area contributed by atoms with Gasteiger partial charge in [-0.3, -0.25) is 37.3 Å². The zero-order chi connectivity index (χ0) is 72.8. The zero-order valence-electron chi connectivity index (χ0n) is 64.8. The summed E-state index contributed by atoms with van der Waals surface area (Å²) in [6.45, 7) is 9.63. The summed E-state index contributed by atoms with van der Waals surface area (Å²) in [6.07, 6.45) is 61.1. The summed E-state index contributed by atoms with van der Waals surface area (Å²) in [5.74, 6) is -0.534. The molecule has 0 aromatic heterocycles. The summed E-state index contributed by atoms with van der Waals surface area (Å²) < 4.78 is 68.6. The number of hydrogen-bond donors (Lipinski definition) is 3. The maximum atomic E-state index is 13.1. The van der Waals surface area contributed by atoms with Gasteiger partial charge in [-0.05, 0) is 37.5 Å². The molecular formula is C80H156O17P2. The van der Waals surface area contributed by atoms with E-state index in [4.69, 9.17) is 37.0 Å². The third kappa shape index (κ3) is 72.8. The van der Waals surface area contributed by atoms with Crippen LogP contribution in [0.4, 0.5) is 0 Å². The lowest BCUT2D eigenvalue weighted by Crippen LogP contribution is -2.30. The minimum atomic E-state index is -4.96. The number of aliphatic hydroxyl groups excluding tert-OH is 1. The topological polar surface area (TPSA) is 237 Å². The van der Waals surface area contributed by atoms with Crippen LogP contribution in [0.3, 0.4) is 0 Å². The van der Waals surface area contributed by atoms with E-state index < -0.39 is 97.5 Å². The minimum absolute atomic E-state index is 0.105. The molecule has 0 saturated carbocycles. The van der Waals surface area contributed by atoms with E-state index >= 15 is 0 Å². The van der Waals surface area contributed by atoms with Crippen LogP contribution >= 0.6 is 15.6 Å². The Balaban J connectivity index is 5.21. The molecule has 0 aromatic rings. The van der Waals surface area contributed by atoms with Crippen molar-refractivity contribution < 1.29 is 80.2 Å². The molecule has 0 aliphatic heterocycles. The van der Waals surface area contributed by atoms with Crippen molar-refractivity contribution in [2.75, 3.05) is 39.6 Å². The van der Waals surface area contributed by atoms with Gasteiger partial charge in [0.15, 0.2) is 12.2 Å². The Labute approximate surface area is 607 Å². The van der Waals surface area contributed by atoms with Crippen molar-refractivity contribution in [1.29, 1.82) is 0 Å². The fraction of sp³-hybridized carbons (Fsp3) is 0.950. The highest BCUT2D eigenvalue weighted by Gasteiger charge is 2.30. The Morgan fingerprint density at radius 2 is 0.515 bits per heavy atom. The highest BCUT2D eigenvalue weighted by atomic mass is 31.2.